The number of rotatable bonds is 17. The van der Waals surface area contributed by atoms with Crippen molar-refractivity contribution in [2.75, 3.05) is 38.7 Å². The first-order chi connectivity index (χ1) is 25.7. The molecule has 0 radical (unpaired) electrons. The summed E-state index contributed by atoms with van der Waals surface area (Å²) in [6.07, 6.45) is -3.95. The molecule has 8 atom stereocenters. The number of carbonyl (C=O) groups excluding carboxylic acids is 6. The van der Waals surface area contributed by atoms with E-state index in [1.54, 1.807) is 20.8 Å². The molecule has 0 saturated carbocycles. The molecule has 55 heavy (non-hydrogen) atoms. The predicted octanol–water partition coefficient (Wildman–Crippen LogP) is 0.150. The molecule has 3 rings (SSSR count). The second-order valence-corrected chi connectivity index (χ2v) is 14.1. The Kier molecular flexibility index (Phi) is 15.5. The predicted molar refractivity (Wildman–Crippen MR) is 186 cm³/mol. The number of carbonyl (C=O) groups is 6. The van der Waals surface area contributed by atoms with E-state index in [4.69, 9.17) is 37.4 Å². The van der Waals surface area contributed by atoms with Gasteiger partial charge in [0.25, 0.3) is 0 Å². The minimum atomic E-state index is -5.04. The number of phosphoric ester groups is 1. The molecule has 1 aliphatic carbocycles. The molecule has 0 spiro atoms. The molecular formula is C33H49N5O16P+. The Balaban J connectivity index is 2.12. The number of anilines is 1. The van der Waals surface area contributed by atoms with Gasteiger partial charge in [0.15, 0.2) is 18.4 Å². The third-order valence-electron chi connectivity index (χ3n) is 8.67. The Morgan fingerprint density at radius 3 is 2.07 bits per heavy atom. The van der Waals surface area contributed by atoms with Crippen molar-refractivity contribution in [2.45, 2.75) is 104 Å². The Morgan fingerprint density at radius 1 is 0.964 bits per heavy atom. The molecule has 1 saturated heterocycles. The molecule has 306 valence electrons. The Bertz CT molecular complexity index is 1680. The number of hydroxylamine groups is 3. The number of nitrogens with zero attached hydrogens (tertiary/aromatic N) is 3. The van der Waals surface area contributed by atoms with Gasteiger partial charge >= 0.3 is 37.7 Å². The molecule has 0 aromatic carbocycles. The van der Waals surface area contributed by atoms with E-state index in [1.807, 2.05) is 0 Å². The lowest BCUT2D eigenvalue weighted by Crippen LogP contribution is -2.56. The van der Waals surface area contributed by atoms with Gasteiger partial charge in [0, 0.05) is 51.9 Å². The lowest BCUT2D eigenvalue weighted by molar-refractivity contribution is -1.08. The van der Waals surface area contributed by atoms with E-state index in [0.29, 0.717) is 0 Å². The SMILES string of the molecule is CC[N+](CC)(CC)O[P+]([O-])(OC[C@H]1O[C@@H](n2ccc(NC(C)=O)nc2=O)[C@H](OC(C)=O)[C@@H]1OC(C)=O)O[C@@]1(C(=O)OC)C=C[C@H](NC(C)=O)[C@H](OC(C)=O)C1. The first-order valence-electron chi connectivity index (χ1n) is 17.4. The maximum atomic E-state index is 15.0. The smallest absolute Gasteiger partial charge is 0.450 e. The maximum absolute atomic E-state index is 15.0. The van der Waals surface area contributed by atoms with Crippen molar-refractivity contribution in [1.82, 2.24) is 14.9 Å². The number of nitrogens with one attached hydrogen (secondary N) is 2. The summed E-state index contributed by atoms with van der Waals surface area (Å²) in [5.74, 6) is -4.58. The Labute approximate surface area is 317 Å². The van der Waals surface area contributed by atoms with E-state index in [2.05, 4.69) is 15.6 Å². The van der Waals surface area contributed by atoms with Crippen LogP contribution in [0.4, 0.5) is 5.82 Å². The minimum absolute atomic E-state index is 0.0811. The van der Waals surface area contributed by atoms with Crippen LogP contribution in [0.15, 0.2) is 29.2 Å². The van der Waals surface area contributed by atoms with Crippen molar-refractivity contribution in [3.63, 3.8) is 0 Å². The van der Waals surface area contributed by atoms with Gasteiger partial charge in [-0.15, -0.1) is 4.65 Å². The van der Waals surface area contributed by atoms with E-state index in [-0.39, 0.29) is 30.1 Å². The number of hydrogen-bond acceptors (Lipinski definition) is 17. The van der Waals surface area contributed by atoms with E-state index < -0.39 is 105 Å². The molecule has 1 aliphatic heterocycles. The van der Waals surface area contributed by atoms with Crippen LogP contribution in [0.3, 0.4) is 0 Å². The summed E-state index contributed by atoms with van der Waals surface area (Å²) in [5.41, 5.74) is -3.23. The second-order valence-electron chi connectivity index (χ2n) is 12.6. The summed E-state index contributed by atoms with van der Waals surface area (Å²) >= 11 is 0. The normalized spacial score (nSPS) is 25.9. The summed E-state index contributed by atoms with van der Waals surface area (Å²) in [4.78, 5) is 106. The fourth-order valence-electron chi connectivity index (χ4n) is 6.07. The monoisotopic (exact) mass is 802 g/mol. The zero-order valence-electron chi connectivity index (χ0n) is 32.1. The zero-order chi connectivity index (χ0) is 41.3. The van der Waals surface area contributed by atoms with Crippen LogP contribution in [0.1, 0.15) is 68.0 Å². The summed E-state index contributed by atoms with van der Waals surface area (Å²) in [6, 6.07) is 0.358. The lowest BCUT2D eigenvalue weighted by Gasteiger charge is -2.41. The van der Waals surface area contributed by atoms with Gasteiger partial charge in [0.05, 0.1) is 13.2 Å². The number of amides is 2. The summed E-state index contributed by atoms with van der Waals surface area (Å²) in [5, 5.41) is 4.98. The first kappa shape index (κ1) is 45.0. The summed E-state index contributed by atoms with van der Waals surface area (Å²) in [6.45, 7) is 10.9. The number of esters is 4. The van der Waals surface area contributed by atoms with Crippen LogP contribution in [-0.4, -0.2) is 119 Å². The largest absolute Gasteiger partial charge is 0.601 e. The van der Waals surface area contributed by atoms with Gasteiger partial charge in [-0.1, -0.05) is 6.08 Å². The van der Waals surface area contributed by atoms with Crippen LogP contribution < -0.4 is 21.2 Å². The number of quaternary nitrogens is 1. The standard InChI is InChI=1S/C33H48N5O16P/c1-10-38(11-2,12-3)54-55(46,53-33(31(44)47-9)15-13-24(34-19(4)39)25(17-33)49-21(6)41)48-18-26-28(50-22(7)42)29(51-23(8)43)30(52-26)37-16-14-27(35-20(5)40)36-32(37)45/h13-16,24-26,28-30H,10-12,17-18H2,1-9H3,(H-,34,35,36,39,40,45)/p+1/t24-,25+,26+,28+,29+,30+,33-,55?/m0/s1. The fraction of sp³-hybridized carbons (Fsp3) is 0.636. The lowest BCUT2D eigenvalue weighted by atomic mass is 9.86. The topological polar surface area (TPSA) is 258 Å². The average molecular weight is 803 g/mol. The molecule has 2 amide bonds. The number of hydrogen-bond donors (Lipinski definition) is 2. The molecule has 2 N–H and O–H groups in total. The van der Waals surface area contributed by atoms with Crippen molar-refractivity contribution in [3.8, 4) is 0 Å². The molecule has 1 fully saturated rings. The van der Waals surface area contributed by atoms with Gasteiger partial charge < -0.3 is 39.2 Å². The number of phosphoric acid groups is 1. The molecule has 21 nitrogen and oxygen atoms in total. The molecule has 1 aromatic heterocycles. The molecule has 2 aliphatic rings. The molecule has 1 aromatic rings. The number of ether oxygens (including phenoxy) is 5. The van der Waals surface area contributed by atoms with Gasteiger partial charge in [-0.05, 0) is 32.9 Å². The highest BCUT2D eigenvalue weighted by atomic mass is 31.2. The van der Waals surface area contributed by atoms with Gasteiger partial charge in [-0.2, -0.15) is 14.0 Å². The third-order valence-corrected chi connectivity index (χ3v) is 10.2. The molecule has 1 unspecified atom stereocenters. The second kappa shape index (κ2) is 19.0. The van der Waals surface area contributed by atoms with Crippen LogP contribution in [0.5, 0.6) is 0 Å². The van der Waals surface area contributed by atoms with Crippen LogP contribution in [0.2, 0.25) is 0 Å². The minimum Gasteiger partial charge on any atom is -0.601 e. The summed E-state index contributed by atoms with van der Waals surface area (Å²) in [7, 11) is -3.99. The number of aromatic nitrogens is 2. The van der Waals surface area contributed by atoms with E-state index in [0.717, 1.165) is 32.4 Å². The van der Waals surface area contributed by atoms with Crippen molar-refractivity contribution in [3.05, 3.63) is 34.9 Å². The van der Waals surface area contributed by atoms with Crippen molar-refractivity contribution < 1.29 is 75.7 Å². The molecular weight excluding hydrogens is 753 g/mol. The quantitative estimate of drug-likeness (QED) is 0.0531. The first-order valence-corrected chi connectivity index (χ1v) is 18.8. The highest BCUT2D eigenvalue weighted by Gasteiger charge is 2.60. The molecule has 2 heterocycles. The summed E-state index contributed by atoms with van der Waals surface area (Å²) < 4.78 is 46.2. The Morgan fingerprint density at radius 2 is 1.56 bits per heavy atom. The van der Waals surface area contributed by atoms with Gasteiger partial charge in [-0.25, -0.2) is 9.59 Å². The van der Waals surface area contributed by atoms with Gasteiger partial charge in [0.2, 0.25) is 17.4 Å². The van der Waals surface area contributed by atoms with E-state index in [1.165, 1.54) is 38.3 Å². The van der Waals surface area contributed by atoms with Crippen LogP contribution in [0.25, 0.3) is 0 Å². The highest BCUT2D eigenvalue weighted by Crippen LogP contribution is 2.60. The molecule has 0 bridgehead atoms. The van der Waals surface area contributed by atoms with Crippen LogP contribution in [0, 0.1) is 0 Å². The van der Waals surface area contributed by atoms with Crippen molar-refractivity contribution in [1.29, 1.82) is 0 Å². The Hall–Kier alpha value is -4.37. The van der Waals surface area contributed by atoms with Gasteiger partial charge in [0.1, 0.15) is 44.3 Å². The molecule has 22 heteroatoms. The van der Waals surface area contributed by atoms with E-state index in [9.17, 15) is 33.6 Å². The van der Waals surface area contributed by atoms with Crippen LogP contribution >= 0.6 is 8.17 Å². The maximum Gasteiger partial charge on any atom is 0.450 e. The van der Waals surface area contributed by atoms with Crippen LogP contribution in [-0.2, 0) is 66.1 Å². The highest BCUT2D eigenvalue weighted by molar-refractivity contribution is 7.53. The van der Waals surface area contributed by atoms with E-state index >= 15 is 4.89 Å². The van der Waals surface area contributed by atoms with Gasteiger partial charge in [-0.3, -0.25) is 28.5 Å². The fourth-order valence-corrected chi connectivity index (χ4v) is 7.91. The average Bonchev–Trinajstić information content (AvgIpc) is 3.41. The van der Waals surface area contributed by atoms with Crippen molar-refractivity contribution >= 4 is 49.7 Å². The third kappa shape index (κ3) is 11.6. The zero-order valence-corrected chi connectivity index (χ0v) is 33.0. The van der Waals surface area contributed by atoms with Crippen molar-refractivity contribution in [2.24, 2.45) is 0 Å². The number of methoxy groups -OCH3 is 1.